The lowest BCUT2D eigenvalue weighted by atomic mass is 10.1. The van der Waals surface area contributed by atoms with Crippen LogP contribution in [0.4, 0.5) is 0 Å². The Morgan fingerprint density at radius 3 is 2.53 bits per heavy atom. The minimum atomic E-state index is -0.0762. The van der Waals surface area contributed by atoms with Crippen LogP contribution in [0.3, 0.4) is 0 Å². The third-order valence-corrected chi connectivity index (χ3v) is 2.69. The molecule has 0 radical (unpaired) electrons. The highest BCUT2D eigenvalue weighted by molar-refractivity contribution is 9.10. The molecule has 0 saturated heterocycles. The first kappa shape index (κ1) is 16.4. The van der Waals surface area contributed by atoms with E-state index >= 15 is 0 Å². The largest absolute Gasteiger partial charge is 0.356 e. The van der Waals surface area contributed by atoms with Crippen molar-refractivity contribution in [3.8, 4) is 0 Å². The van der Waals surface area contributed by atoms with Crippen molar-refractivity contribution in [2.24, 2.45) is 5.73 Å². The number of nitrogens with two attached hydrogens (primary N) is 1. The van der Waals surface area contributed by atoms with Crippen molar-refractivity contribution in [2.75, 3.05) is 6.54 Å². The zero-order chi connectivity index (χ0) is 12.0. The molecule has 0 saturated carbocycles. The van der Waals surface area contributed by atoms with Crippen molar-refractivity contribution < 1.29 is 4.79 Å². The Bertz CT molecular complexity index is 341. The van der Waals surface area contributed by atoms with Crippen LogP contribution in [-0.4, -0.2) is 18.5 Å². The van der Waals surface area contributed by atoms with Gasteiger partial charge in [0.1, 0.15) is 0 Å². The molecule has 1 rings (SSSR count). The number of benzene rings is 1. The fourth-order valence-electron chi connectivity index (χ4n) is 1.36. The molecule has 17 heavy (non-hydrogen) atoms. The Kier molecular flexibility index (Phi) is 8.21. The van der Waals surface area contributed by atoms with Gasteiger partial charge in [0.25, 0.3) is 0 Å². The van der Waals surface area contributed by atoms with E-state index in [1.165, 1.54) is 5.56 Å². The highest BCUT2D eigenvalue weighted by atomic mass is 79.9. The maximum absolute atomic E-state index is 11.3. The summed E-state index contributed by atoms with van der Waals surface area (Å²) in [6, 6.07) is 8.01. The first-order valence-corrected chi connectivity index (χ1v) is 6.14. The Hall–Kier alpha value is -0.580. The van der Waals surface area contributed by atoms with Crippen LogP contribution in [-0.2, 0) is 11.2 Å². The lowest BCUT2D eigenvalue weighted by Crippen LogP contribution is -2.31. The van der Waals surface area contributed by atoms with E-state index in [0.717, 1.165) is 10.9 Å². The molecule has 0 aromatic heterocycles. The van der Waals surface area contributed by atoms with Gasteiger partial charge in [0.05, 0.1) is 0 Å². The number of rotatable bonds is 5. The van der Waals surface area contributed by atoms with Crippen LogP contribution in [0, 0.1) is 0 Å². The lowest BCUT2D eigenvalue weighted by Gasteiger charge is -2.07. The zero-order valence-corrected chi connectivity index (χ0v) is 12.2. The van der Waals surface area contributed by atoms with Gasteiger partial charge in [-0.3, -0.25) is 4.79 Å². The molecule has 0 aliphatic rings. The van der Waals surface area contributed by atoms with Gasteiger partial charge in [-0.15, -0.1) is 12.4 Å². The second kappa shape index (κ2) is 8.50. The maximum atomic E-state index is 11.3. The van der Waals surface area contributed by atoms with Crippen LogP contribution >= 0.6 is 28.3 Å². The molecule has 3 nitrogen and oxygen atoms in total. The van der Waals surface area contributed by atoms with E-state index in [4.69, 9.17) is 5.73 Å². The molecule has 1 aromatic rings. The standard InChI is InChI=1S/C12H17BrN2O.ClH/c1-9(14)8-12(16)15-7-6-10-2-4-11(13)5-3-10;/h2-5,9H,6-8,14H2,1H3,(H,15,16);1H. The molecule has 96 valence electrons. The molecule has 1 aromatic carbocycles. The van der Waals surface area contributed by atoms with E-state index in [1.807, 2.05) is 31.2 Å². The van der Waals surface area contributed by atoms with Gasteiger partial charge in [-0.25, -0.2) is 0 Å². The Balaban J connectivity index is 0.00000256. The Labute approximate surface area is 117 Å². The predicted molar refractivity (Wildman–Crippen MR) is 76.4 cm³/mol. The summed E-state index contributed by atoms with van der Waals surface area (Å²) in [6.07, 6.45) is 1.23. The van der Waals surface area contributed by atoms with Gasteiger partial charge in [-0.05, 0) is 31.0 Å². The highest BCUT2D eigenvalue weighted by Crippen LogP contribution is 2.10. The first-order chi connectivity index (χ1) is 7.58. The van der Waals surface area contributed by atoms with Crippen molar-refractivity contribution in [1.29, 1.82) is 0 Å². The summed E-state index contributed by atoms with van der Waals surface area (Å²) >= 11 is 3.38. The van der Waals surface area contributed by atoms with Gasteiger partial charge in [0.2, 0.25) is 5.91 Å². The molecule has 0 spiro atoms. The summed E-state index contributed by atoms with van der Waals surface area (Å²) in [5, 5.41) is 2.85. The second-order valence-electron chi connectivity index (χ2n) is 3.91. The lowest BCUT2D eigenvalue weighted by molar-refractivity contribution is -0.121. The topological polar surface area (TPSA) is 55.1 Å². The normalized spacial score (nSPS) is 11.5. The molecule has 0 heterocycles. The monoisotopic (exact) mass is 320 g/mol. The number of amides is 1. The predicted octanol–water partition coefficient (Wildman–Crippen LogP) is 2.27. The van der Waals surface area contributed by atoms with Crippen LogP contribution in [0.5, 0.6) is 0 Å². The molecule has 1 unspecified atom stereocenters. The van der Waals surface area contributed by atoms with Gasteiger partial charge in [-0.2, -0.15) is 0 Å². The second-order valence-corrected chi connectivity index (χ2v) is 4.82. The number of nitrogens with one attached hydrogen (secondary N) is 1. The van der Waals surface area contributed by atoms with Crippen LogP contribution in [0.1, 0.15) is 18.9 Å². The molecule has 0 bridgehead atoms. The molecule has 3 N–H and O–H groups in total. The molecule has 0 fully saturated rings. The van der Waals surface area contributed by atoms with Crippen molar-refractivity contribution in [2.45, 2.75) is 25.8 Å². The summed E-state index contributed by atoms with van der Waals surface area (Å²) in [5.41, 5.74) is 6.74. The van der Waals surface area contributed by atoms with E-state index in [1.54, 1.807) is 0 Å². The van der Waals surface area contributed by atoms with Crippen LogP contribution in [0.15, 0.2) is 28.7 Å². The third kappa shape index (κ3) is 7.36. The Morgan fingerprint density at radius 1 is 1.41 bits per heavy atom. The van der Waals surface area contributed by atoms with E-state index in [9.17, 15) is 4.79 Å². The van der Waals surface area contributed by atoms with Crippen molar-refractivity contribution in [3.63, 3.8) is 0 Å². The minimum absolute atomic E-state index is 0. The van der Waals surface area contributed by atoms with E-state index in [0.29, 0.717) is 13.0 Å². The van der Waals surface area contributed by atoms with Gasteiger partial charge in [0, 0.05) is 23.5 Å². The van der Waals surface area contributed by atoms with E-state index < -0.39 is 0 Å². The molecule has 0 aliphatic carbocycles. The molecule has 0 aliphatic heterocycles. The molecular weight excluding hydrogens is 304 g/mol. The zero-order valence-electron chi connectivity index (χ0n) is 9.78. The number of carbonyl (C=O) groups is 1. The first-order valence-electron chi connectivity index (χ1n) is 5.34. The minimum Gasteiger partial charge on any atom is -0.356 e. The van der Waals surface area contributed by atoms with Crippen molar-refractivity contribution in [1.82, 2.24) is 5.32 Å². The SMILES string of the molecule is CC(N)CC(=O)NCCc1ccc(Br)cc1.Cl. The van der Waals surface area contributed by atoms with Gasteiger partial charge >= 0.3 is 0 Å². The molecule has 5 heteroatoms. The van der Waals surface area contributed by atoms with Crippen molar-refractivity contribution in [3.05, 3.63) is 34.3 Å². The fraction of sp³-hybridized carbons (Fsp3) is 0.417. The number of hydrogen-bond donors (Lipinski definition) is 2. The van der Waals surface area contributed by atoms with E-state index in [-0.39, 0.29) is 24.4 Å². The van der Waals surface area contributed by atoms with Crippen LogP contribution in [0.2, 0.25) is 0 Å². The van der Waals surface area contributed by atoms with Crippen LogP contribution < -0.4 is 11.1 Å². The summed E-state index contributed by atoms with van der Waals surface area (Å²) in [4.78, 5) is 11.3. The smallest absolute Gasteiger partial charge is 0.221 e. The highest BCUT2D eigenvalue weighted by Gasteiger charge is 2.03. The summed E-state index contributed by atoms with van der Waals surface area (Å²) in [6.45, 7) is 2.49. The molecule has 1 amide bonds. The summed E-state index contributed by atoms with van der Waals surface area (Å²) < 4.78 is 1.07. The number of halogens is 2. The Morgan fingerprint density at radius 2 is 2.00 bits per heavy atom. The quantitative estimate of drug-likeness (QED) is 0.874. The van der Waals surface area contributed by atoms with Gasteiger partial charge < -0.3 is 11.1 Å². The van der Waals surface area contributed by atoms with Crippen molar-refractivity contribution >= 4 is 34.2 Å². The number of carbonyl (C=O) groups excluding carboxylic acids is 1. The average molecular weight is 322 g/mol. The van der Waals surface area contributed by atoms with Gasteiger partial charge in [-0.1, -0.05) is 28.1 Å². The number of hydrogen-bond acceptors (Lipinski definition) is 2. The van der Waals surface area contributed by atoms with Gasteiger partial charge in [0.15, 0.2) is 0 Å². The summed E-state index contributed by atoms with van der Waals surface area (Å²) in [7, 11) is 0. The summed E-state index contributed by atoms with van der Waals surface area (Å²) in [5.74, 6) is 0.0205. The van der Waals surface area contributed by atoms with Crippen LogP contribution in [0.25, 0.3) is 0 Å². The molecular formula is C12H18BrClN2O. The fourth-order valence-corrected chi connectivity index (χ4v) is 1.63. The molecule has 1 atom stereocenters. The third-order valence-electron chi connectivity index (χ3n) is 2.16. The van der Waals surface area contributed by atoms with E-state index in [2.05, 4.69) is 21.2 Å². The average Bonchev–Trinajstić information content (AvgIpc) is 2.20. The maximum Gasteiger partial charge on any atom is 0.221 e.